The highest BCUT2D eigenvalue weighted by Gasteiger charge is 2.18. The summed E-state index contributed by atoms with van der Waals surface area (Å²) in [7, 11) is 3.83. The maximum atomic E-state index is 12.3. The van der Waals surface area contributed by atoms with Crippen molar-refractivity contribution in [2.24, 2.45) is 5.92 Å². The predicted molar refractivity (Wildman–Crippen MR) is 151 cm³/mol. The van der Waals surface area contributed by atoms with E-state index in [9.17, 15) is 4.79 Å². The number of carbonyl (C=O) groups excluding carboxylic acids is 1. The quantitative estimate of drug-likeness (QED) is 0.360. The molecule has 1 aliphatic heterocycles. The van der Waals surface area contributed by atoms with Crippen LogP contribution >= 0.6 is 0 Å². The first-order valence-electron chi connectivity index (χ1n) is 13.3. The van der Waals surface area contributed by atoms with Gasteiger partial charge in [0.25, 0.3) is 5.91 Å². The number of amides is 1. The summed E-state index contributed by atoms with van der Waals surface area (Å²) < 4.78 is 0. The van der Waals surface area contributed by atoms with Crippen LogP contribution in [0.2, 0.25) is 0 Å². The average Bonchev–Trinajstić information content (AvgIpc) is 2.96. The number of carbonyl (C=O) groups is 1. The number of rotatable bonds is 8. The molecule has 1 aromatic carbocycles. The summed E-state index contributed by atoms with van der Waals surface area (Å²) in [6.45, 7) is 5.15. The zero-order chi connectivity index (χ0) is 26.5. The number of benzene rings is 1. The molecule has 196 valence electrons. The van der Waals surface area contributed by atoms with Crippen LogP contribution in [0.3, 0.4) is 0 Å². The fourth-order valence-corrected chi connectivity index (χ4v) is 5.17. The van der Waals surface area contributed by atoms with E-state index in [1.54, 1.807) is 25.6 Å². The average molecular weight is 510 g/mol. The monoisotopic (exact) mass is 509 g/mol. The first kappa shape index (κ1) is 25.7. The van der Waals surface area contributed by atoms with Gasteiger partial charge in [0.15, 0.2) is 0 Å². The SMILES string of the molecule is CNC(=O)c1ccnc2c([C@H](C)CNc3cc(-c4ccc(CC5CCN(C)CC5)nc4)ncn3)cccc12. The molecule has 4 heterocycles. The lowest BCUT2D eigenvalue weighted by atomic mass is 9.92. The van der Waals surface area contributed by atoms with Gasteiger partial charge < -0.3 is 15.5 Å². The molecule has 1 fully saturated rings. The van der Waals surface area contributed by atoms with Gasteiger partial charge in [0, 0.05) is 54.6 Å². The molecule has 8 heteroatoms. The molecule has 0 aliphatic carbocycles. The number of aromatic nitrogens is 4. The van der Waals surface area contributed by atoms with E-state index in [2.05, 4.69) is 62.7 Å². The van der Waals surface area contributed by atoms with E-state index < -0.39 is 0 Å². The Morgan fingerprint density at radius 1 is 1.08 bits per heavy atom. The predicted octanol–water partition coefficient (Wildman–Crippen LogP) is 4.55. The number of piperidine rings is 1. The van der Waals surface area contributed by atoms with Crippen LogP contribution in [0.5, 0.6) is 0 Å². The third-order valence-corrected chi connectivity index (χ3v) is 7.52. The van der Waals surface area contributed by atoms with Crippen molar-refractivity contribution in [2.45, 2.75) is 32.1 Å². The number of nitrogens with zero attached hydrogens (tertiary/aromatic N) is 5. The van der Waals surface area contributed by atoms with Crippen LogP contribution < -0.4 is 10.6 Å². The molecule has 1 saturated heterocycles. The van der Waals surface area contributed by atoms with Crippen LogP contribution in [0, 0.1) is 5.92 Å². The fourth-order valence-electron chi connectivity index (χ4n) is 5.17. The van der Waals surface area contributed by atoms with E-state index in [-0.39, 0.29) is 11.8 Å². The van der Waals surface area contributed by atoms with E-state index in [0.717, 1.165) is 45.7 Å². The van der Waals surface area contributed by atoms with Crippen LogP contribution in [0.1, 0.15) is 47.3 Å². The Morgan fingerprint density at radius 2 is 1.92 bits per heavy atom. The second kappa shape index (κ2) is 11.6. The number of hydrogen-bond donors (Lipinski definition) is 2. The summed E-state index contributed by atoms with van der Waals surface area (Å²) >= 11 is 0. The Morgan fingerprint density at radius 3 is 2.68 bits per heavy atom. The van der Waals surface area contributed by atoms with Crippen LogP contribution in [-0.4, -0.2) is 64.5 Å². The Hall–Kier alpha value is -3.91. The van der Waals surface area contributed by atoms with Gasteiger partial charge >= 0.3 is 0 Å². The number of para-hydroxylation sites is 1. The Balaban J connectivity index is 1.25. The highest BCUT2D eigenvalue weighted by molar-refractivity contribution is 6.06. The first-order chi connectivity index (χ1) is 18.5. The number of nitrogens with one attached hydrogen (secondary N) is 2. The molecule has 3 aromatic heterocycles. The molecule has 8 nitrogen and oxygen atoms in total. The van der Waals surface area contributed by atoms with Gasteiger partial charge in [-0.3, -0.25) is 14.8 Å². The summed E-state index contributed by atoms with van der Waals surface area (Å²) in [5.41, 5.74) is 5.53. The normalized spacial score (nSPS) is 15.3. The second-order valence-electron chi connectivity index (χ2n) is 10.2. The molecule has 2 N–H and O–H groups in total. The minimum Gasteiger partial charge on any atom is -0.369 e. The van der Waals surface area contributed by atoms with Crippen molar-refractivity contribution in [3.63, 3.8) is 0 Å². The number of likely N-dealkylation sites (tertiary alicyclic amines) is 1. The van der Waals surface area contributed by atoms with Gasteiger partial charge in [0.1, 0.15) is 12.1 Å². The van der Waals surface area contributed by atoms with Crippen molar-refractivity contribution in [3.8, 4) is 11.3 Å². The highest BCUT2D eigenvalue weighted by atomic mass is 16.1. The van der Waals surface area contributed by atoms with E-state index in [0.29, 0.717) is 18.0 Å². The lowest BCUT2D eigenvalue weighted by molar-refractivity contribution is 0.0964. The minimum atomic E-state index is -0.113. The molecule has 38 heavy (non-hydrogen) atoms. The topological polar surface area (TPSA) is 95.9 Å². The van der Waals surface area contributed by atoms with Crippen LogP contribution in [-0.2, 0) is 6.42 Å². The van der Waals surface area contributed by atoms with Crippen LogP contribution in [0.15, 0.2) is 61.2 Å². The molecule has 0 spiro atoms. The molecule has 1 aliphatic rings. The second-order valence-corrected chi connectivity index (χ2v) is 10.2. The number of hydrogen-bond acceptors (Lipinski definition) is 7. The molecule has 0 radical (unpaired) electrons. The van der Waals surface area contributed by atoms with Gasteiger partial charge in [-0.05, 0) is 69.1 Å². The molecule has 0 bridgehead atoms. The standard InChI is InChI=1S/C30H35N7O/c1-20(24-5-4-6-25-26(30(38)31-2)9-12-32-29(24)25)17-34-28-16-27(35-19-36-28)22-7-8-23(33-18-22)15-21-10-13-37(3)14-11-21/h4-9,12,16,18-21H,10-11,13-15,17H2,1-3H3,(H,31,38)(H,34,35,36)/t20-/m1/s1. The summed E-state index contributed by atoms with van der Waals surface area (Å²) in [4.78, 5) is 33.0. The molecule has 5 rings (SSSR count). The zero-order valence-corrected chi connectivity index (χ0v) is 22.3. The molecule has 1 amide bonds. The van der Waals surface area contributed by atoms with Gasteiger partial charge in [0.05, 0.1) is 16.8 Å². The molecular weight excluding hydrogens is 474 g/mol. The first-order valence-corrected chi connectivity index (χ1v) is 13.3. The number of anilines is 1. The molecule has 0 unspecified atom stereocenters. The van der Waals surface area contributed by atoms with Gasteiger partial charge in [-0.2, -0.15) is 0 Å². The van der Waals surface area contributed by atoms with Crippen LogP contribution in [0.4, 0.5) is 5.82 Å². The third-order valence-electron chi connectivity index (χ3n) is 7.52. The van der Waals surface area contributed by atoms with Gasteiger partial charge in [-0.15, -0.1) is 0 Å². The van der Waals surface area contributed by atoms with E-state index in [4.69, 9.17) is 4.98 Å². The van der Waals surface area contributed by atoms with Crippen molar-refractivity contribution >= 4 is 22.6 Å². The Kier molecular flexibility index (Phi) is 7.89. The zero-order valence-electron chi connectivity index (χ0n) is 22.3. The highest BCUT2D eigenvalue weighted by Crippen LogP contribution is 2.27. The van der Waals surface area contributed by atoms with Gasteiger partial charge in [-0.25, -0.2) is 9.97 Å². The maximum Gasteiger partial charge on any atom is 0.251 e. The summed E-state index contributed by atoms with van der Waals surface area (Å²) in [6.07, 6.45) is 8.72. The molecular formula is C30H35N7O. The van der Waals surface area contributed by atoms with Crippen LogP contribution in [0.25, 0.3) is 22.2 Å². The van der Waals surface area contributed by atoms with Crippen molar-refractivity contribution in [2.75, 3.05) is 39.0 Å². The van der Waals surface area contributed by atoms with E-state index >= 15 is 0 Å². The van der Waals surface area contributed by atoms with E-state index in [1.165, 1.54) is 25.9 Å². The Labute approximate surface area is 224 Å². The summed E-state index contributed by atoms with van der Waals surface area (Å²) in [5.74, 6) is 1.51. The summed E-state index contributed by atoms with van der Waals surface area (Å²) in [5, 5.41) is 7.02. The minimum absolute atomic E-state index is 0.113. The lowest BCUT2D eigenvalue weighted by Crippen LogP contribution is -2.31. The molecule has 0 saturated carbocycles. The Bertz CT molecular complexity index is 1400. The van der Waals surface area contributed by atoms with E-state index in [1.807, 2.05) is 24.4 Å². The third kappa shape index (κ3) is 5.81. The number of pyridine rings is 2. The fraction of sp³-hybridized carbons (Fsp3) is 0.367. The number of fused-ring (bicyclic) bond motifs is 1. The lowest BCUT2D eigenvalue weighted by Gasteiger charge is -2.28. The smallest absolute Gasteiger partial charge is 0.251 e. The maximum absolute atomic E-state index is 12.3. The molecule has 4 aromatic rings. The van der Waals surface area contributed by atoms with Crippen molar-refractivity contribution in [3.05, 3.63) is 78.0 Å². The largest absolute Gasteiger partial charge is 0.369 e. The summed E-state index contributed by atoms with van der Waals surface area (Å²) in [6, 6.07) is 14.0. The van der Waals surface area contributed by atoms with Crippen molar-refractivity contribution in [1.82, 2.24) is 30.2 Å². The van der Waals surface area contributed by atoms with Crippen molar-refractivity contribution < 1.29 is 4.79 Å². The van der Waals surface area contributed by atoms with Crippen molar-refractivity contribution in [1.29, 1.82) is 0 Å². The molecule has 1 atom stereocenters. The van der Waals surface area contributed by atoms with Gasteiger partial charge in [0.2, 0.25) is 0 Å². The van der Waals surface area contributed by atoms with Gasteiger partial charge in [-0.1, -0.05) is 25.1 Å².